The Kier molecular flexibility index (Phi) is 8.19. The van der Waals surface area contributed by atoms with E-state index in [0.29, 0.717) is 17.8 Å². The van der Waals surface area contributed by atoms with Gasteiger partial charge in [-0.2, -0.15) is 0 Å². The molecule has 8 heteroatoms. The first kappa shape index (κ1) is 22.1. The van der Waals surface area contributed by atoms with Gasteiger partial charge in [-0.3, -0.25) is 15.6 Å². The van der Waals surface area contributed by atoms with Crippen molar-refractivity contribution in [3.8, 4) is 0 Å². The molecule has 1 heterocycles. The van der Waals surface area contributed by atoms with Crippen LogP contribution < -0.4 is 16.2 Å². The molecule has 1 aromatic rings. The highest BCUT2D eigenvalue weighted by molar-refractivity contribution is 7.80. The standard InChI is InChI=1S/C20H29N3O4S/c1-20(2,3)27-19(25)21-16(12-14-8-5-4-6-9-14)18(24)23-22-17(28)13-15-10-7-11-26-15/h4-6,8-9,15-16H,7,10-13H2,1-3H3,(H,21,25)(H,22,28)(H,23,24)/t15-,16-/m0/s1. The monoisotopic (exact) mass is 407 g/mol. The molecule has 0 unspecified atom stereocenters. The Hall–Kier alpha value is -2.19. The van der Waals surface area contributed by atoms with Gasteiger partial charge in [-0.15, -0.1) is 0 Å². The zero-order valence-corrected chi connectivity index (χ0v) is 17.4. The quantitative estimate of drug-likeness (QED) is 0.496. The number of hydrogen-bond donors (Lipinski definition) is 3. The first-order valence-corrected chi connectivity index (χ1v) is 9.87. The van der Waals surface area contributed by atoms with Crippen molar-refractivity contribution in [2.45, 2.75) is 64.2 Å². The third-order valence-corrected chi connectivity index (χ3v) is 4.32. The van der Waals surface area contributed by atoms with Crippen molar-refractivity contribution in [1.82, 2.24) is 16.2 Å². The van der Waals surface area contributed by atoms with E-state index in [2.05, 4.69) is 16.2 Å². The lowest BCUT2D eigenvalue weighted by molar-refractivity contribution is -0.123. The van der Waals surface area contributed by atoms with Crippen molar-refractivity contribution >= 4 is 29.2 Å². The van der Waals surface area contributed by atoms with Crippen LogP contribution in [0.15, 0.2) is 30.3 Å². The maximum absolute atomic E-state index is 12.7. The fourth-order valence-corrected chi connectivity index (χ4v) is 3.03. The molecular weight excluding hydrogens is 378 g/mol. The molecule has 3 N–H and O–H groups in total. The predicted molar refractivity (Wildman–Crippen MR) is 111 cm³/mol. The van der Waals surface area contributed by atoms with Gasteiger partial charge in [0.15, 0.2) is 0 Å². The van der Waals surface area contributed by atoms with Crippen molar-refractivity contribution in [3.63, 3.8) is 0 Å². The number of hydrogen-bond acceptors (Lipinski definition) is 5. The molecule has 0 bridgehead atoms. The second kappa shape index (κ2) is 10.4. The summed E-state index contributed by atoms with van der Waals surface area (Å²) in [6, 6.07) is 8.64. The molecule has 0 saturated carbocycles. The van der Waals surface area contributed by atoms with Crippen molar-refractivity contribution < 1.29 is 19.1 Å². The molecule has 1 fully saturated rings. The van der Waals surface area contributed by atoms with E-state index in [1.807, 2.05) is 30.3 Å². The fourth-order valence-electron chi connectivity index (χ4n) is 2.79. The number of carbonyl (C=O) groups excluding carboxylic acids is 2. The molecule has 0 spiro atoms. The Morgan fingerprint density at radius 3 is 2.57 bits per heavy atom. The Bertz CT molecular complexity index is 670. The number of ether oxygens (including phenoxy) is 2. The van der Waals surface area contributed by atoms with Gasteiger partial charge < -0.3 is 14.8 Å². The van der Waals surface area contributed by atoms with Crippen LogP contribution in [0.5, 0.6) is 0 Å². The predicted octanol–water partition coefficient (Wildman–Crippen LogP) is 2.64. The number of hydrazine groups is 1. The smallest absolute Gasteiger partial charge is 0.408 e. The van der Waals surface area contributed by atoms with Crippen LogP contribution in [-0.4, -0.2) is 41.3 Å². The Balaban J connectivity index is 1.93. The average Bonchev–Trinajstić information content (AvgIpc) is 3.11. The van der Waals surface area contributed by atoms with Gasteiger partial charge in [-0.05, 0) is 39.2 Å². The number of rotatable bonds is 6. The summed E-state index contributed by atoms with van der Waals surface area (Å²) in [7, 11) is 0. The molecule has 0 aliphatic carbocycles. The molecule has 28 heavy (non-hydrogen) atoms. The number of amides is 2. The number of alkyl carbamates (subject to hydrolysis) is 1. The van der Waals surface area contributed by atoms with E-state index in [1.165, 1.54) is 0 Å². The molecular formula is C20H29N3O4S. The van der Waals surface area contributed by atoms with Gasteiger partial charge in [0.1, 0.15) is 11.6 Å². The zero-order chi connectivity index (χ0) is 20.6. The Morgan fingerprint density at radius 1 is 1.25 bits per heavy atom. The normalized spacial score (nSPS) is 17.5. The van der Waals surface area contributed by atoms with Gasteiger partial charge in [0, 0.05) is 19.4 Å². The van der Waals surface area contributed by atoms with Gasteiger partial charge in [0.2, 0.25) is 0 Å². The third-order valence-electron chi connectivity index (χ3n) is 4.05. The summed E-state index contributed by atoms with van der Waals surface area (Å²) in [5, 5.41) is 2.64. The summed E-state index contributed by atoms with van der Waals surface area (Å²) < 4.78 is 10.8. The molecule has 0 aromatic heterocycles. The highest BCUT2D eigenvalue weighted by Crippen LogP contribution is 2.15. The first-order valence-electron chi connectivity index (χ1n) is 9.46. The van der Waals surface area contributed by atoms with Crippen LogP contribution >= 0.6 is 12.2 Å². The Morgan fingerprint density at radius 2 is 1.96 bits per heavy atom. The lowest BCUT2D eigenvalue weighted by Gasteiger charge is -2.23. The summed E-state index contributed by atoms with van der Waals surface area (Å²) in [6.45, 7) is 6.05. The topological polar surface area (TPSA) is 88.7 Å². The lowest BCUT2D eigenvalue weighted by Crippen LogP contribution is -2.53. The van der Waals surface area contributed by atoms with E-state index < -0.39 is 23.6 Å². The maximum atomic E-state index is 12.7. The summed E-state index contributed by atoms with van der Waals surface area (Å²) in [5.74, 6) is -0.399. The van der Waals surface area contributed by atoms with Crippen molar-refractivity contribution in [2.75, 3.05) is 6.61 Å². The molecule has 2 atom stereocenters. The van der Waals surface area contributed by atoms with Gasteiger partial charge in [-0.25, -0.2) is 4.79 Å². The van der Waals surface area contributed by atoms with Crippen LogP contribution in [0.2, 0.25) is 0 Å². The molecule has 7 nitrogen and oxygen atoms in total. The first-order chi connectivity index (χ1) is 13.2. The van der Waals surface area contributed by atoms with E-state index in [9.17, 15) is 9.59 Å². The lowest BCUT2D eigenvalue weighted by atomic mass is 10.1. The summed E-state index contributed by atoms with van der Waals surface area (Å²) in [4.78, 5) is 25.3. The minimum Gasteiger partial charge on any atom is -0.444 e. The summed E-state index contributed by atoms with van der Waals surface area (Å²) >= 11 is 5.27. The molecule has 2 amide bonds. The second-order valence-electron chi connectivity index (χ2n) is 7.77. The van der Waals surface area contributed by atoms with Gasteiger partial charge in [-0.1, -0.05) is 42.5 Å². The molecule has 1 saturated heterocycles. The van der Waals surface area contributed by atoms with Crippen LogP contribution in [-0.2, 0) is 20.7 Å². The summed E-state index contributed by atoms with van der Waals surface area (Å²) in [5.41, 5.74) is 5.61. The molecule has 1 aliphatic heterocycles. The fraction of sp³-hybridized carbons (Fsp3) is 0.550. The number of benzene rings is 1. The third kappa shape index (κ3) is 8.22. The molecule has 1 aromatic carbocycles. The largest absolute Gasteiger partial charge is 0.444 e. The minimum absolute atomic E-state index is 0.0944. The van der Waals surface area contributed by atoms with Gasteiger partial charge >= 0.3 is 6.09 Å². The highest BCUT2D eigenvalue weighted by Gasteiger charge is 2.25. The number of nitrogens with one attached hydrogen (secondary N) is 3. The van der Waals surface area contributed by atoms with Crippen LogP contribution in [0.3, 0.4) is 0 Å². The van der Waals surface area contributed by atoms with E-state index in [1.54, 1.807) is 20.8 Å². The van der Waals surface area contributed by atoms with Gasteiger partial charge in [0.05, 0.1) is 11.1 Å². The van der Waals surface area contributed by atoms with E-state index >= 15 is 0 Å². The molecule has 0 radical (unpaired) electrons. The van der Waals surface area contributed by atoms with Crippen molar-refractivity contribution in [2.24, 2.45) is 0 Å². The van der Waals surface area contributed by atoms with Crippen LogP contribution in [0.1, 0.15) is 45.6 Å². The van der Waals surface area contributed by atoms with Gasteiger partial charge in [0.25, 0.3) is 5.91 Å². The van der Waals surface area contributed by atoms with Crippen LogP contribution in [0.25, 0.3) is 0 Å². The van der Waals surface area contributed by atoms with Crippen molar-refractivity contribution in [1.29, 1.82) is 0 Å². The van der Waals surface area contributed by atoms with E-state index in [-0.39, 0.29) is 6.10 Å². The number of carbonyl (C=O) groups is 2. The maximum Gasteiger partial charge on any atom is 0.408 e. The summed E-state index contributed by atoms with van der Waals surface area (Å²) in [6.07, 6.45) is 2.32. The van der Waals surface area contributed by atoms with Crippen LogP contribution in [0, 0.1) is 0 Å². The SMILES string of the molecule is CC(C)(C)OC(=O)N[C@@H](Cc1ccccc1)C(=O)NNC(=S)C[C@@H]1CCCO1. The Labute approximate surface area is 171 Å². The highest BCUT2D eigenvalue weighted by atomic mass is 32.1. The minimum atomic E-state index is -0.810. The molecule has 1 aliphatic rings. The average molecular weight is 408 g/mol. The van der Waals surface area contributed by atoms with E-state index in [0.717, 1.165) is 25.0 Å². The second-order valence-corrected chi connectivity index (χ2v) is 8.26. The molecule has 2 rings (SSSR count). The molecule has 154 valence electrons. The van der Waals surface area contributed by atoms with E-state index in [4.69, 9.17) is 21.7 Å². The zero-order valence-electron chi connectivity index (χ0n) is 16.6. The number of thiocarbonyl (C=S) groups is 1. The van der Waals surface area contributed by atoms with Crippen molar-refractivity contribution in [3.05, 3.63) is 35.9 Å². The van der Waals surface area contributed by atoms with Crippen LogP contribution in [0.4, 0.5) is 4.79 Å².